The molecular formula is C25H26ClNO5. The third kappa shape index (κ3) is 6.22. The Morgan fingerprint density at radius 3 is 2.59 bits per heavy atom. The molecule has 3 rings (SSSR count). The quantitative estimate of drug-likeness (QED) is 0.426. The number of carbonyl (C=O) groups is 1. The SMILES string of the molecule is CCOC[C@@H](Oc1ccc(OCC(=O)O)c(C)c1)c1cccc(-c2ccc(Cl)c(C)c2)n1. The summed E-state index contributed by atoms with van der Waals surface area (Å²) in [5.41, 5.74) is 4.30. The van der Waals surface area contributed by atoms with Gasteiger partial charge in [-0.15, -0.1) is 0 Å². The number of aryl methyl sites for hydroxylation is 2. The van der Waals surface area contributed by atoms with Crippen LogP contribution in [0.5, 0.6) is 11.5 Å². The molecule has 168 valence electrons. The number of ether oxygens (including phenoxy) is 3. The monoisotopic (exact) mass is 455 g/mol. The van der Waals surface area contributed by atoms with Crippen LogP contribution in [0.4, 0.5) is 0 Å². The van der Waals surface area contributed by atoms with Crippen LogP contribution < -0.4 is 9.47 Å². The summed E-state index contributed by atoms with van der Waals surface area (Å²) < 4.78 is 17.2. The summed E-state index contributed by atoms with van der Waals surface area (Å²) >= 11 is 6.16. The molecule has 0 aliphatic rings. The minimum Gasteiger partial charge on any atom is -0.482 e. The van der Waals surface area contributed by atoms with Gasteiger partial charge in [0.25, 0.3) is 0 Å². The molecule has 3 aromatic rings. The van der Waals surface area contributed by atoms with E-state index in [9.17, 15) is 4.79 Å². The van der Waals surface area contributed by atoms with Crippen molar-refractivity contribution in [3.05, 3.63) is 76.4 Å². The van der Waals surface area contributed by atoms with Crippen molar-refractivity contribution < 1.29 is 24.1 Å². The first kappa shape index (κ1) is 23.6. The first-order chi connectivity index (χ1) is 15.4. The predicted octanol–water partition coefficient (Wildman–Crippen LogP) is 5.64. The normalized spacial score (nSPS) is 11.8. The van der Waals surface area contributed by atoms with E-state index < -0.39 is 18.7 Å². The third-order valence-electron chi connectivity index (χ3n) is 4.80. The lowest BCUT2D eigenvalue weighted by atomic mass is 10.1. The predicted molar refractivity (Wildman–Crippen MR) is 124 cm³/mol. The molecule has 1 heterocycles. The lowest BCUT2D eigenvalue weighted by Crippen LogP contribution is -2.16. The Hall–Kier alpha value is -3.09. The highest BCUT2D eigenvalue weighted by Gasteiger charge is 2.17. The summed E-state index contributed by atoms with van der Waals surface area (Å²) in [6, 6.07) is 16.9. The fourth-order valence-corrected chi connectivity index (χ4v) is 3.28. The Morgan fingerprint density at radius 2 is 1.91 bits per heavy atom. The first-order valence-corrected chi connectivity index (χ1v) is 10.7. The highest BCUT2D eigenvalue weighted by atomic mass is 35.5. The standard InChI is InChI=1S/C25H26ClNO5/c1-4-30-14-24(32-19-9-11-23(17(3)13-19)31-15-25(28)29)22-7-5-6-21(27-22)18-8-10-20(26)16(2)12-18/h5-13,24H,4,14-15H2,1-3H3,(H,28,29)/t24-/m1/s1. The molecule has 0 radical (unpaired) electrons. The Kier molecular flexibility index (Phi) is 8.09. The van der Waals surface area contributed by atoms with Crippen molar-refractivity contribution in [2.75, 3.05) is 19.8 Å². The van der Waals surface area contributed by atoms with Gasteiger partial charge in [0.15, 0.2) is 12.7 Å². The van der Waals surface area contributed by atoms with Crippen molar-refractivity contribution in [2.24, 2.45) is 0 Å². The van der Waals surface area contributed by atoms with E-state index >= 15 is 0 Å². The van der Waals surface area contributed by atoms with Gasteiger partial charge in [-0.1, -0.05) is 23.7 Å². The second-order valence-electron chi connectivity index (χ2n) is 7.29. The van der Waals surface area contributed by atoms with E-state index in [1.54, 1.807) is 12.1 Å². The van der Waals surface area contributed by atoms with Gasteiger partial charge in [0.2, 0.25) is 0 Å². The van der Waals surface area contributed by atoms with Gasteiger partial charge in [-0.2, -0.15) is 0 Å². The molecule has 0 spiro atoms. The first-order valence-electron chi connectivity index (χ1n) is 10.3. The van der Waals surface area contributed by atoms with Gasteiger partial charge in [0, 0.05) is 17.2 Å². The molecule has 0 fully saturated rings. The lowest BCUT2D eigenvalue weighted by Gasteiger charge is -2.20. The summed E-state index contributed by atoms with van der Waals surface area (Å²) in [7, 11) is 0. The van der Waals surface area contributed by atoms with Gasteiger partial charge >= 0.3 is 5.97 Å². The number of pyridine rings is 1. The van der Waals surface area contributed by atoms with Gasteiger partial charge < -0.3 is 19.3 Å². The van der Waals surface area contributed by atoms with Crippen molar-refractivity contribution in [3.63, 3.8) is 0 Å². The van der Waals surface area contributed by atoms with Crippen LogP contribution in [0.25, 0.3) is 11.3 Å². The van der Waals surface area contributed by atoms with E-state index in [0.29, 0.717) is 29.7 Å². The zero-order valence-corrected chi connectivity index (χ0v) is 19.1. The van der Waals surface area contributed by atoms with Crippen LogP contribution in [0.1, 0.15) is 29.8 Å². The molecule has 0 unspecified atom stereocenters. The number of aliphatic carboxylic acids is 1. The van der Waals surface area contributed by atoms with E-state index in [1.165, 1.54) is 0 Å². The van der Waals surface area contributed by atoms with Crippen molar-refractivity contribution in [1.29, 1.82) is 0 Å². The highest BCUT2D eigenvalue weighted by molar-refractivity contribution is 6.31. The molecule has 0 saturated carbocycles. The fourth-order valence-electron chi connectivity index (χ4n) is 3.16. The smallest absolute Gasteiger partial charge is 0.341 e. The molecule has 0 aliphatic carbocycles. The molecule has 0 bridgehead atoms. The highest BCUT2D eigenvalue weighted by Crippen LogP contribution is 2.29. The second kappa shape index (κ2) is 11.0. The van der Waals surface area contributed by atoms with Crippen LogP contribution >= 0.6 is 11.6 Å². The molecular weight excluding hydrogens is 430 g/mol. The summed E-state index contributed by atoms with van der Waals surface area (Å²) in [6.07, 6.45) is -0.423. The summed E-state index contributed by atoms with van der Waals surface area (Å²) in [5.74, 6) is 0.0899. The molecule has 0 aliphatic heterocycles. The van der Waals surface area contributed by atoms with Crippen molar-refractivity contribution >= 4 is 17.6 Å². The largest absolute Gasteiger partial charge is 0.482 e. The minimum absolute atomic E-state index is 0.336. The van der Waals surface area contributed by atoms with Crippen LogP contribution in [-0.2, 0) is 9.53 Å². The number of benzene rings is 2. The maximum atomic E-state index is 10.7. The minimum atomic E-state index is -1.02. The number of hydrogen-bond donors (Lipinski definition) is 1. The number of aromatic nitrogens is 1. The molecule has 2 aromatic carbocycles. The molecule has 0 amide bonds. The Morgan fingerprint density at radius 1 is 1.09 bits per heavy atom. The maximum absolute atomic E-state index is 10.7. The molecule has 1 aromatic heterocycles. The van der Waals surface area contributed by atoms with Crippen molar-refractivity contribution in [1.82, 2.24) is 4.98 Å². The van der Waals surface area contributed by atoms with Crippen LogP contribution in [0.2, 0.25) is 5.02 Å². The van der Waals surface area contributed by atoms with E-state index in [4.69, 9.17) is 35.9 Å². The van der Waals surface area contributed by atoms with Crippen LogP contribution in [0.3, 0.4) is 0 Å². The maximum Gasteiger partial charge on any atom is 0.341 e. The molecule has 6 nitrogen and oxygen atoms in total. The summed E-state index contributed by atoms with van der Waals surface area (Å²) in [4.78, 5) is 15.6. The van der Waals surface area contributed by atoms with Crippen LogP contribution in [0.15, 0.2) is 54.6 Å². The summed E-state index contributed by atoms with van der Waals surface area (Å²) in [5, 5.41) is 9.52. The number of hydrogen-bond acceptors (Lipinski definition) is 5. The van der Waals surface area contributed by atoms with Gasteiger partial charge in [-0.25, -0.2) is 9.78 Å². The molecule has 1 atom stereocenters. The van der Waals surface area contributed by atoms with Crippen LogP contribution in [-0.4, -0.2) is 35.9 Å². The molecule has 1 N–H and O–H groups in total. The van der Waals surface area contributed by atoms with Gasteiger partial charge in [-0.3, -0.25) is 0 Å². The van der Waals surface area contributed by atoms with E-state index in [2.05, 4.69) is 0 Å². The third-order valence-corrected chi connectivity index (χ3v) is 5.23. The lowest BCUT2D eigenvalue weighted by molar-refractivity contribution is -0.139. The number of carboxylic acid groups (broad SMARTS) is 1. The zero-order chi connectivity index (χ0) is 23.1. The van der Waals surface area contributed by atoms with Gasteiger partial charge in [0.1, 0.15) is 11.5 Å². The average molecular weight is 456 g/mol. The number of nitrogens with zero attached hydrogens (tertiary/aromatic N) is 1. The van der Waals surface area contributed by atoms with Crippen molar-refractivity contribution in [2.45, 2.75) is 26.9 Å². The van der Waals surface area contributed by atoms with E-state index in [-0.39, 0.29) is 0 Å². The topological polar surface area (TPSA) is 77.9 Å². The summed E-state index contributed by atoms with van der Waals surface area (Å²) in [6.45, 7) is 6.22. The number of rotatable bonds is 10. The Labute approximate surface area is 192 Å². The van der Waals surface area contributed by atoms with E-state index in [0.717, 1.165) is 28.1 Å². The van der Waals surface area contributed by atoms with Gasteiger partial charge in [0.05, 0.1) is 18.0 Å². The molecule has 7 heteroatoms. The zero-order valence-electron chi connectivity index (χ0n) is 18.3. The number of carboxylic acids is 1. The van der Waals surface area contributed by atoms with Gasteiger partial charge in [-0.05, 0) is 74.4 Å². The number of halogens is 1. The fraction of sp³-hybridized carbons (Fsp3) is 0.280. The van der Waals surface area contributed by atoms with Crippen molar-refractivity contribution in [3.8, 4) is 22.8 Å². The van der Waals surface area contributed by atoms with E-state index in [1.807, 2.05) is 63.2 Å². The second-order valence-corrected chi connectivity index (χ2v) is 7.69. The molecule has 32 heavy (non-hydrogen) atoms. The molecule has 0 saturated heterocycles. The Bertz CT molecular complexity index is 1090. The van der Waals surface area contributed by atoms with Crippen LogP contribution in [0, 0.1) is 13.8 Å². The average Bonchev–Trinajstić information content (AvgIpc) is 2.78. The Balaban J connectivity index is 1.84.